The molecular weight excluding hydrogens is 270 g/mol. The minimum Gasteiger partial charge on any atom is -0.467 e. The molecule has 1 aliphatic heterocycles. The molecule has 2 rings (SSSR count). The van der Waals surface area contributed by atoms with Crippen LogP contribution in [0.1, 0.15) is 41.0 Å². The molecule has 6 nitrogen and oxygen atoms in total. The molecule has 2 heterocycles. The molecule has 1 saturated heterocycles. The topological polar surface area (TPSA) is 83.3 Å². The van der Waals surface area contributed by atoms with Crippen LogP contribution in [0.15, 0.2) is 12.1 Å². The van der Waals surface area contributed by atoms with Gasteiger partial charge in [0.1, 0.15) is 17.8 Å². The second kappa shape index (κ2) is 6.35. The molecule has 6 heteroatoms. The standard InChI is InChI=1S/C15H17N3O3/c1-10-11(9-16)6-7-12(17-10)14(19)18-8-4-3-5-13(18)15(20)21-2/h6-7,13H,3-5,8H2,1-2H3/t13-/m1/s1. The van der Waals surface area contributed by atoms with E-state index in [1.807, 2.05) is 6.07 Å². The first-order valence-corrected chi connectivity index (χ1v) is 6.85. The van der Waals surface area contributed by atoms with Crippen LogP contribution in [0, 0.1) is 18.3 Å². The lowest BCUT2D eigenvalue weighted by Crippen LogP contribution is -2.48. The Labute approximate surface area is 123 Å². The number of esters is 1. The fourth-order valence-electron chi connectivity index (χ4n) is 2.50. The highest BCUT2D eigenvalue weighted by molar-refractivity contribution is 5.95. The third kappa shape index (κ3) is 3.02. The zero-order valence-corrected chi connectivity index (χ0v) is 12.1. The lowest BCUT2D eigenvalue weighted by atomic mass is 10.0. The molecule has 1 aromatic heterocycles. The molecule has 1 atom stereocenters. The van der Waals surface area contributed by atoms with E-state index in [0.717, 1.165) is 12.8 Å². The number of aromatic nitrogens is 1. The number of methoxy groups -OCH3 is 1. The van der Waals surface area contributed by atoms with Crippen molar-refractivity contribution >= 4 is 11.9 Å². The summed E-state index contributed by atoms with van der Waals surface area (Å²) in [7, 11) is 1.32. The molecule has 0 radical (unpaired) electrons. The Bertz CT molecular complexity index is 607. The highest BCUT2D eigenvalue weighted by Gasteiger charge is 2.33. The second-order valence-electron chi connectivity index (χ2n) is 4.97. The van der Waals surface area contributed by atoms with E-state index in [0.29, 0.717) is 24.2 Å². The lowest BCUT2D eigenvalue weighted by molar-refractivity contribution is -0.147. The zero-order valence-electron chi connectivity index (χ0n) is 12.1. The van der Waals surface area contributed by atoms with Gasteiger partial charge < -0.3 is 9.64 Å². The minimum absolute atomic E-state index is 0.252. The average molecular weight is 287 g/mol. The molecule has 0 aromatic carbocycles. The highest BCUT2D eigenvalue weighted by Crippen LogP contribution is 2.20. The van der Waals surface area contributed by atoms with Crippen molar-refractivity contribution in [3.05, 3.63) is 29.1 Å². The summed E-state index contributed by atoms with van der Waals surface area (Å²) in [5.41, 5.74) is 1.20. The largest absolute Gasteiger partial charge is 0.467 e. The molecule has 0 spiro atoms. The smallest absolute Gasteiger partial charge is 0.328 e. The fraction of sp³-hybridized carbons (Fsp3) is 0.467. The maximum atomic E-state index is 12.6. The molecular formula is C15H17N3O3. The maximum Gasteiger partial charge on any atom is 0.328 e. The van der Waals surface area contributed by atoms with E-state index < -0.39 is 12.0 Å². The molecule has 1 aromatic rings. The van der Waals surface area contributed by atoms with E-state index >= 15 is 0 Å². The predicted octanol–water partition coefficient (Wildman–Crippen LogP) is 1.43. The molecule has 1 fully saturated rings. The van der Waals surface area contributed by atoms with Crippen molar-refractivity contribution in [3.63, 3.8) is 0 Å². The number of nitrogens with zero attached hydrogens (tertiary/aromatic N) is 3. The summed E-state index contributed by atoms with van der Waals surface area (Å²) in [5, 5.41) is 8.90. The summed E-state index contributed by atoms with van der Waals surface area (Å²) in [5.74, 6) is -0.689. The molecule has 0 unspecified atom stereocenters. The van der Waals surface area contributed by atoms with Gasteiger partial charge in [-0.25, -0.2) is 9.78 Å². The number of hydrogen-bond donors (Lipinski definition) is 0. The van der Waals surface area contributed by atoms with Crippen LogP contribution in [-0.4, -0.2) is 41.5 Å². The molecule has 0 bridgehead atoms. The van der Waals surface area contributed by atoms with Crippen LogP contribution in [0.2, 0.25) is 0 Å². The van der Waals surface area contributed by atoms with Crippen molar-refractivity contribution in [2.45, 2.75) is 32.2 Å². The fourth-order valence-corrected chi connectivity index (χ4v) is 2.50. The number of ether oxygens (including phenoxy) is 1. The van der Waals surface area contributed by atoms with Gasteiger partial charge in [0.15, 0.2) is 0 Å². The summed E-state index contributed by atoms with van der Waals surface area (Å²) < 4.78 is 4.77. The van der Waals surface area contributed by atoms with Gasteiger partial charge in [-0.3, -0.25) is 4.79 Å². The van der Waals surface area contributed by atoms with Gasteiger partial charge in [-0.2, -0.15) is 5.26 Å². The lowest BCUT2D eigenvalue weighted by Gasteiger charge is -2.33. The second-order valence-corrected chi connectivity index (χ2v) is 4.97. The number of aryl methyl sites for hydroxylation is 1. The van der Waals surface area contributed by atoms with Gasteiger partial charge in [0.2, 0.25) is 0 Å². The third-order valence-electron chi connectivity index (χ3n) is 3.66. The monoisotopic (exact) mass is 287 g/mol. The Kier molecular flexibility index (Phi) is 4.53. The highest BCUT2D eigenvalue weighted by atomic mass is 16.5. The molecule has 21 heavy (non-hydrogen) atoms. The number of carbonyl (C=O) groups excluding carboxylic acids is 2. The Morgan fingerprint density at radius 3 is 2.81 bits per heavy atom. The van der Waals surface area contributed by atoms with Gasteiger partial charge in [0, 0.05) is 6.54 Å². The number of likely N-dealkylation sites (tertiary alicyclic amines) is 1. The van der Waals surface area contributed by atoms with Gasteiger partial charge >= 0.3 is 5.97 Å². The number of hydrogen-bond acceptors (Lipinski definition) is 5. The zero-order chi connectivity index (χ0) is 15.4. The first-order valence-electron chi connectivity index (χ1n) is 6.85. The quantitative estimate of drug-likeness (QED) is 0.768. The Morgan fingerprint density at radius 1 is 1.43 bits per heavy atom. The van der Waals surface area contributed by atoms with E-state index in [1.54, 1.807) is 13.0 Å². The van der Waals surface area contributed by atoms with Crippen molar-refractivity contribution < 1.29 is 14.3 Å². The Hall–Kier alpha value is -2.42. The molecule has 1 aliphatic rings. The Morgan fingerprint density at radius 2 is 2.19 bits per heavy atom. The number of amides is 1. The van der Waals surface area contributed by atoms with Gasteiger partial charge in [-0.15, -0.1) is 0 Å². The number of rotatable bonds is 2. The molecule has 0 saturated carbocycles. The van der Waals surface area contributed by atoms with Gasteiger partial charge in [-0.1, -0.05) is 0 Å². The maximum absolute atomic E-state index is 12.6. The summed E-state index contributed by atoms with van der Waals surface area (Å²) in [6, 6.07) is 4.57. The van der Waals surface area contributed by atoms with Crippen LogP contribution in [0.4, 0.5) is 0 Å². The first kappa shape index (κ1) is 15.0. The van der Waals surface area contributed by atoms with Crippen LogP contribution >= 0.6 is 0 Å². The normalized spacial score (nSPS) is 18.0. The third-order valence-corrected chi connectivity index (χ3v) is 3.66. The first-order chi connectivity index (χ1) is 10.1. The van der Waals surface area contributed by atoms with Gasteiger partial charge in [0.25, 0.3) is 5.91 Å². The van der Waals surface area contributed by atoms with E-state index in [9.17, 15) is 9.59 Å². The minimum atomic E-state index is -0.547. The van der Waals surface area contributed by atoms with Crippen molar-refractivity contribution in [2.75, 3.05) is 13.7 Å². The summed E-state index contributed by atoms with van der Waals surface area (Å²) in [6.07, 6.45) is 2.35. The van der Waals surface area contributed by atoms with E-state index in [1.165, 1.54) is 18.1 Å². The van der Waals surface area contributed by atoms with Crippen LogP contribution in [0.5, 0.6) is 0 Å². The van der Waals surface area contributed by atoms with Crippen molar-refractivity contribution in [1.29, 1.82) is 5.26 Å². The van der Waals surface area contributed by atoms with Crippen LogP contribution in [-0.2, 0) is 9.53 Å². The Balaban J connectivity index is 2.27. The van der Waals surface area contributed by atoms with Crippen molar-refractivity contribution in [3.8, 4) is 6.07 Å². The summed E-state index contributed by atoms with van der Waals surface area (Å²) in [6.45, 7) is 2.20. The predicted molar refractivity (Wildman–Crippen MR) is 74.4 cm³/mol. The van der Waals surface area contributed by atoms with Crippen LogP contribution in [0.25, 0.3) is 0 Å². The summed E-state index contributed by atoms with van der Waals surface area (Å²) in [4.78, 5) is 30.0. The molecule has 0 aliphatic carbocycles. The SMILES string of the molecule is COC(=O)[C@H]1CCCCN1C(=O)c1ccc(C#N)c(C)n1. The molecule has 110 valence electrons. The summed E-state index contributed by atoms with van der Waals surface area (Å²) >= 11 is 0. The van der Waals surface area contributed by atoms with Crippen molar-refractivity contribution in [2.24, 2.45) is 0 Å². The van der Waals surface area contributed by atoms with Gasteiger partial charge in [0.05, 0.1) is 18.4 Å². The van der Waals surface area contributed by atoms with Crippen LogP contribution in [0.3, 0.4) is 0 Å². The number of carbonyl (C=O) groups is 2. The number of pyridine rings is 1. The molecule has 0 N–H and O–H groups in total. The van der Waals surface area contributed by atoms with Gasteiger partial charge in [-0.05, 0) is 38.3 Å². The number of nitriles is 1. The molecule has 1 amide bonds. The van der Waals surface area contributed by atoms with E-state index in [2.05, 4.69) is 4.98 Å². The number of piperidine rings is 1. The average Bonchev–Trinajstić information content (AvgIpc) is 2.53. The van der Waals surface area contributed by atoms with E-state index in [4.69, 9.17) is 10.00 Å². The van der Waals surface area contributed by atoms with Crippen LogP contribution < -0.4 is 0 Å². The van der Waals surface area contributed by atoms with E-state index in [-0.39, 0.29) is 11.6 Å². The van der Waals surface area contributed by atoms with Crippen molar-refractivity contribution in [1.82, 2.24) is 9.88 Å².